The summed E-state index contributed by atoms with van der Waals surface area (Å²) in [5.74, 6) is -0.165. The van der Waals surface area contributed by atoms with Crippen molar-refractivity contribution in [1.82, 2.24) is 4.90 Å². The van der Waals surface area contributed by atoms with Crippen LogP contribution in [0.4, 0.5) is 11.4 Å². The summed E-state index contributed by atoms with van der Waals surface area (Å²) in [5, 5.41) is 20.7. The normalized spacial score (nSPS) is 14.4. The van der Waals surface area contributed by atoms with Gasteiger partial charge in [0.2, 0.25) is 0 Å². The lowest BCUT2D eigenvalue weighted by Gasteiger charge is -2.36. The van der Waals surface area contributed by atoms with E-state index in [0.717, 1.165) is 5.69 Å². The highest BCUT2D eigenvalue weighted by Crippen LogP contribution is 2.26. The molecular weight excluding hydrogens is 346 g/mol. The molecule has 2 aromatic rings. The van der Waals surface area contributed by atoms with Gasteiger partial charge in [0.25, 0.3) is 11.6 Å². The summed E-state index contributed by atoms with van der Waals surface area (Å²) in [6, 6.07) is 10.9. The van der Waals surface area contributed by atoms with E-state index >= 15 is 0 Å². The highest BCUT2D eigenvalue weighted by atomic mass is 35.5. The number of nitrogens with zero attached hydrogens (tertiary/aromatic N) is 3. The molecule has 0 aromatic heterocycles. The van der Waals surface area contributed by atoms with E-state index in [0.29, 0.717) is 26.2 Å². The van der Waals surface area contributed by atoms with Crippen molar-refractivity contribution >= 4 is 28.9 Å². The second-order valence-electron chi connectivity index (χ2n) is 5.71. The van der Waals surface area contributed by atoms with E-state index < -0.39 is 4.92 Å². The maximum absolute atomic E-state index is 12.7. The maximum Gasteiger partial charge on any atom is 0.283 e. The van der Waals surface area contributed by atoms with Gasteiger partial charge in [-0.05, 0) is 36.4 Å². The summed E-state index contributed by atoms with van der Waals surface area (Å²) < 4.78 is 0. The van der Waals surface area contributed by atoms with Crippen molar-refractivity contribution in [2.75, 3.05) is 31.1 Å². The molecule has 1 N–H and O–H groups in total. The number of phenolic OH excluding ortho intramolecular Hbond substituents is 1. The molecule has 7 nitrogen and oxygen atoms in total. The Morgan fingerprint density at radius 2 is 1.72 bits per heavy atom. The van der Waals surface area contributed by atoms with E-state index in [1.807, 2.05) is 12.1 Å². The molecule has 1 aliphatic heterocycles. The van der Waals surface area contributed by atoms with Gasteiger partial charge >= 0.3 is 0 Å². The van der Waals surface area contributed by atoms with Crippen LogP contribution in [0.1, 0.15) is 10.4 Å². The van der Waals surface area contributed by atoms with Gasteiger partial charge in [-0.25, -0.2) is 0 Å². The SMILES string of the molecule is O=C(c1ccc(Cl)cc1[N+](=O)[O-])N1CCN(c2ccc(O)cc2)CC1. The molecule has 1 saturated heterocycles. The predicted molar refractivity (Wildman–Crippen MR) is 94.3 cm³/mol. The van der Waals surface area contributed by atoms with Gasteiger partial charge in [-0.2, -0.15) is 0 Å². The Morgan fingerprint density at radius 1 is 1.08 bits per heavy atom. The van der Waals surface area contributed by atoms with Crippen LogP contribution in [0.15, 0.2) is 42.5 Å². The van der Waals surface area contributed by atoms with Crippen molar-refractivity contribution in [3.05, 3.63) is 63.2 Å². The van der Waals surface area contributed by atoms with Crippen LogP contribution >= 0.6 is 11.6 Å². The fraction of sp³-hybridized carbons (Fsp3) is 0.235. The number of carbonyl (C=O) groups excluding carboxylic acids is 1. The summed E-state index contributed by atoms with van der Waals surface area (Å²) in [5.41, 5.74) is 0.730. The summed E-state index contributed by atoms with van der Waals surface area (Å²) >= 11 is 5.80. The fourth-order valence-electron chi connectivity index (χ4n) is 2.84. The number of aromatic hydroxyl groups is 1. The number of phenols is 1. The first-order valence-electron chi connectivity index (χ1n) is 7.73. The van der Waals surface area contributed by atoms with Crippen LogP contribution in [-0.4, -0.2) is 47.0 Å². The van der Waals surface area contributed by atoms with E-state index in [4.69, 9.17) is 11.6 Å². The molecule has 130 valence electrons. The Morgan fingerprint density at radius 3 is 2.32 bits per heavy atom. The van der Waals surface area contributed by atoms with E-state index in [-0.39, 0.29) is 27.9 Å². The first-order chi connectivity index (χ1) is 12.0. The lowest BCUT2D eigenvalue weighted by Crippen LogP contribution is -2.48. The average molecular weight is 362 g/mol. The number of anilines is 1. The number of amides is 1. The topological polar surface area (TPSA) is 86.9 Å². The summed E-state index contributed by atoms with van der Waals surface area (Å²) in [6.07, 6.45) is 0. The molecule has 8 heteroatoms. The van der Waals surface area contributed by atoms with Gasteiger partial charge in [-0.15, -0.1) is 0 Å². The van der Waals surface area contributed by atoms with Gasteiger partial charge < -0.3 is 14.9 Å². The zero-order valence-electron chi connectivity index (χ0n) is 13.3. The van der Waals surface area contributed by atoms with Crippen LogP contribution in [0, 0.1) is 10.1 Å². The number of carbonyl (C=O) groups is 1. The van der Waals surface area contributed by atoms with Crippen LogP contribution in [-0.2, 0) is 0 Å². The van der Waals surface area contributed by atoms with Crippen molar-refractivity contribution in [3.63, 3.8) is 0 Å². The number of nitro groups is 1. The van der Waals surface area contributed by atoms with Crippen molar-refractivity contribution in [3.8, 4) is 5.75 Å². The van der Waals surface area contributed by atoms with Crippen molar-refractivity contribution in [1.29, 1.82) is 0 Å². The third-order valence-corrected chi connectivity index (χ3v) is 4.40. The van der Waals surface area contributed by atoms with Crippen LogP contribution in [0.5, 0.6) is 5.75 Å². The fourth-order valence-corrected chi connectivity index (χ4v) is 3.00. The van der Waals surface area contributed by atoms with Crippen molar-refractivity contribution < 1.29 is 14.8 Å². The molecule has 0 radical (unpaired) electrons. The number of rotatable bonds is 3. The molecule has 0 bridgehead atoms. The van der Waals surface area contributed by atoms with Crippen molar-refractivity contribution in [2.45, 2.75) is 0 Å². The molecule has 1 amide bonds. The van der Waals surface area contributed by atoms with Crippen LogP contribution < -0.4 is 4.90 Å². The first kappa shape index (κ1) is 17.0. The molecule has 0 unspecified atom stereocenters. The molecule has 3 rings (SSSR count). The highest BCUT2D eigenvalue weighted by molar-refractivity contribution is 6.31. The zero-order chi connectivity index (χ0) is 18.0. The maximum atomic E-state index is 12.7. The molecular formula is C17H16ClN3O4. The molecule has 0 spiro atoms. The van der Waals surface area contributed by atoms with Gasteiger partial charge in [0.1, 0.15) is 11.3 Å². The molecule has 1 heterocycles. The van der Waals surface area contributed by atoms with E-state index in [1.54, 1.807) is 17.0 Å². The molecule has 0 aliphatic carbocycles. The summed E-state index contributed by atoms with van der Waals surface area (Å²) in [4.78, 5) is 26.9. The van der Waals surface area contributed by atoms with Gasteiger partial charge in [-0.1, -0.05) is 11.6 Å². The smallest absolute Gasteiger partial charge is 0.283 e. The van der Waals surface area contributed by atoms with Gasteiger partial charge in [0, 0.05) is 43.0 Å². The number of nitro benzene ring substituents is 1. The number of hydrogen-bond acceptors (Lipinski definition) is 5. The van der Waals surface area contributed by atoms with E-state index in [2.05, 4.69) is 4.90 Å². The zero-order valence-corrected chi connectivity index (χ0v) is 14.0. The van der Waals surface area contributed by atoms with E-state index in [1.165, 1.54) is 18.2 Å². The number of piperazine rings is 1. The molecule has 25 heavy (non-hydrogen) atoms. The van der Waals surface area contributed by atoms with Crippen LogP contribution in [0.3, 0.4) is 0 Å². The molecule has 1 fully saturated rings. The molecule has 2 aromatic carbocycles. The van der Waals surface area contributed by atoms with Crippen LogP contribution in [0.2, 0.25) is 5.02 Å². The molecule has 0 saturated carbocycles. The van der Waals surface area contributed by atoms with Gasteiger partial charge in [-0.3, -0.25) is 14.9 Å². The Balaban J connectivity index is 1.72. The summed E-state index contributed by atoms with van der Waals surface area (Å²) in [6.45, 7) is 2.13. The second-order valence-corrected chi connectivity index (χ2v) is 6.15. The average Bonchev–Trinajstić information content (AvgIpc) is 2.62. The van der Waals surface area contributed by atoms with Gasteiger partial charge in [0.05, 0.1) is 4.92 Å². The predicted octanol–water partition coefficient (Wildman–Crippen LogP) is 2.92. The highest BCUT2D eigenvalue weighted by Gasteiger charge is 2.27. The lowest BCUT2D eigenvalue weighted by molar-refractivity contribution is -0.385. The largest absolute Gasteiger partial charge is 0.508 e. The summed E-state index contributed by atoms with van der Waals surface area (Å²) in [7, 11) is 0. The van der Waals surface area contributed by atoms with E-state index in [9.17, 15) is 20.0 Å². The number of benzene rings is 2. The Hall–Kier alpha value is -2.80. The molecule has 1 aliphatic rings. The standard InChI is InChI=1S/C17H16ClN3O4/c18-12-1-6-15(16(11-12)21(24)25)17(23)20-9-7-19(8-10-20)13-2-4-14(22)5-3-13/h1-6,11,22H,7-10H2. The number of hydrogen-bond donors (Lipinski definition) is 1. The third kappa shape index (κ3) is 3.66. The molecule has 0 atom stereocenters. The number of halogens is 1. The quantitative estimate of drug-likeness (QED) is 0.671. The Bertz CT molecular complexity index is 802. The van der Waals surface area contributed by atoms with Gasteiger partial charge in [0.15, 0.2) is 0 Å². The van der Waals surface area contributed by atoms with Crippen molar-refractivity contribution in [2.24, 2.45) is 0 Å². The lowest BCUT2D eigenvalue weighted by atomic mass is 10.1. The minimum absolute atomic E-state index is 0.0486. The second kappa shape index (κ2) is 6.98. The Kier molecular flexibility index (Phi) is 4.76. The minimum Gasteiger partial charge on any atom is -0.508 e. The monoisotopic (exact) mass is 361 g/mol. The van der Waals surface area contributed by atoms with Crippen LogP contribution in [0.25, 0.3) is 0 Å². The Labute approximate surface area is 149 Å². The first-order valence-corrected chi connectivity index (χ1v) is 8.10. The minimum atomic E-state index is -0.591. The third-order valence-electron chi connectivity index (χ3n) is 4.17.